The molecule has 0 spiro atoms. The Bertz CT molecular complexity index is 679. The molecule has 0 amide bonds. The van der Waals surface area contributed by atoms with Gasteiger partial charge in [-0.15, -0.1) is 0 Å². The minimum absolute atomic E-state index is 0.204. The Morgan fingerprint density at radius 1 is 1.15 bits per heavy atom. The van der Waals surface area contributed by atoms with Crippen LogP contribution in [0.2, 0.25) is 0 Å². The zero-order valence-electron chi connectivity index (χ0n) is 14.5. The van der Waals surface area contributed by atoms with Crippen molar-refractivity contribution in [3.8, 4) is 0 Å². The molecule has 0 aromatic heterocycles. The fourth-order valence-electron chi connectivity index (χ4n) is 3.10. The molecule has 0 saturated carbocycles. The lowest BCUT2D eigenvalue weighted by molar-refractivity contribution is -0.149. The van der Waals surface area contributed by atoms with Gasteiger partial charge in [0.25, 0.3) is 0 Å². The molecule has 0 aliphatic carbocycles. The highest BCUT2D eigenvalue weighted by molar-refractivity contribution is 5.82. The molecule has 0 bridgehead atoms. The number of hydrogen-bond donors (Lipinski definition) is 2. The summed E-state index contributed by atoms with van der Waals surface area (Å²) in [6.07, 6.45) is 9.46. The van der Waals surface area contributed by atoms with Crippen molar-refractivity contribution in [2.75, 3.05) is 0 Å². The molecule has 0 unspecified atom stereocenters. The third-order valence-electron chi connectivity index (χ3n) is 4.50. The predicted molar refractivity (Wildman–Crippen MR) is 98.2 cm³/mol. The van der Waals surface area contributed by atoms with Gasteiger partial charge in [-0.25, -0.2) is 4.79 Å². The maximum Gasteiger partial charge on any atom is 0.331 e. The fourth-order valence-corrected chi connectivity index (χ4v) is 3.10. The van der Waals surface area contributed by atoms with Crippen LogP contribution in [-0.2, 0) is 14.3 Å². The molecule has 1 saturated heterocycles. The van der Waals surface area contributed by atoms with E-state index in [1.165, 1.54) is 6.08 Å². The van der Waals surface area contributed by atoms with Crippen LogP contribution in [0.15, 0.2) is 60.7 Å². The summed E-state index contributed by atoms with van der Waals surface area (Å²) in [5.41, 5.74) is 1.01. The maximum absolute atomic E-state index is 11.2. The quantitative estimate of drug-likeness (QED) is 0.626. The summed E-state index contributed by atoms with van der Waals surface area (Å²) in [6.45, 7) is 0. The molecular formula is C21H24O5. The maximum atomic E-state index is 11.2. The number of benzene rings is 1. The number of carbonyl (C=O) groups is 1. The minimum atomic E-state index is -0.945. The lowest BCUT2D eigenvalue weighted by Crippen LogP contribution is -2.47. The van der Waals surface area contributed by atoms with Crippen LogP contribution in [0, 0.1) is 0 Å². The first-order valence-electron chi connectivity index (χ1n) is 8.90. The summed E-state index contributed by atoms with van der Waals surface area (Å²) in [4.78, 5) is 11.2. The van der Waals surface area contributed by atoms with Crippen LogP contribution in [0.3, 0.4) is 0 Å². The number of carbonyl (C=O) groups excluding carboxylic acids is 1. The molecule has 2 aliphatic rings. The van der Waals surface area contributed by atoms with E-state index in [0.29, 0.717) is 19.3 Å². The third kappa shape index (κ3) is 5.14. The van der Waals surface area contributed by atoms with E-state index in [1.807, 2.05) is 48.6 Å². The average molecular weight is 356 g/mol. The second-order valence-electron chi connectivity index (χ2n) is 6.56. The van der Waals surface area contributed by atoms with E-state index in [4.69, 9.17) is 9.47 Å². The SMILES string of the molecule is O=C1C=CC[C@H](/C=C/C[C@@H]2C[C@H](O)[C@@H](O)[C@H](/C=C/c3ccccc3)O2)O1. The van der Waals surface area contributed by atoms with Gasteiger partial charge in [-0.3, -0.25) is 0 Å². The number of hydrogen-bond acceptors (Lipinski definition) is 5. The predicted octanol–water partition coefficient (Wildman–Crippen LogP) is 2.40. The van der Waals surface area contributed by atoms with Gasteiger partial charge in [0.15, 0.2) is 0 Å². The molecule has 3 rings (SSSR count). The molecule has 5 nitrogen and oxygen atoms in total. The van der Waals surface area contributed by atoms with Crippen molar-refractivity contribution in [2.45, 2.75) is 49.8 Å². The molecule has 138 valence electrons. The van der Waals surface area contributed by atoms with Gasteiger partial charge < -0.3 is 19.7 Å². The van der Waals surface area contributed by atoms with Crippen molar-refractivity contribution in [1.29, 1.82) is 0 Å². The molecule has 26 heavy (non-hydrogen) atoms. The van der Waals surface area contributed by atoms with Gasteiger partial charge in [-0.2, -0.15) is 0 Å². The van der Waals surface area contributed by atoms with Crippen molar-refractivity contribution < 1.29 is 24.5 Å². The largest absolute Gasteiger partial charge is 0.455 e. The van der Waals surface area contributed by atoms with E-state index in [2.05, 4.69) is 0 Å². The van der Waals surface area contributed by atoms with Crippen molar-refractivity contribution in [1.82, 2.24) is 0 Å². The second-order valence-corrected chi connectivity index (χ2v) is 6.56. The van der Waals surface area contributed by atoms with Crippen LogP contribution >= 0.6 is 0 Å². The van der Waals surface area contributed by atoms with Crippen molar-refractivity contribution in [2.24, 2.45) is 0 Å². The Balaban J connectivity index is 1.56. The van der Waals surface area contributed by atoms with E-state index in [1.54, 1.807) is 12.2 Å². The first-order valence-corrected chi connectivity index (χ1v) is 8.90. The van der Waals surface area contributed by atoms with Gasteiger partial charge in [-0.05, 0) is 18.1 Å². The number of esters is 1. The van der Waals surface area contributed by atoms with E-state index >= 15 is 0 Å². The van der Waals surface area contributed by atoms with Crippen molar-refractivity contribution >= 4 is 12.0 Å². The van der Waals surface area contributed by atoms with Crippen LogP contribution < -0.4 is 0 Å². The number of aliphatic hydroxyl groups is 2. The topological polar surface area (TPSA) is 76.0 Å². The van der Waals surface area contributed by atoms with E-state index in [-0.39, 0.29) is 18.2 Å². The van der Waals surface area contributed by atoms with Gasteiger partial charge in [0.2, 0.25) is 0 Å². The van der Waals surface area contributed by atoms with E-state index in [0.717, 1.165) is 5.56 Å². The smallest absolute Gasteiger partial charge is 0.331 e. The Labute approximate surface area is 153 Å². The van der Waals surface area contributed by atoms with Crippen LogP contribution in [-0.4, -0.2) is 46.7 Å². The molecule has 5 heteroatoms. The fraction of sp³-hybridized carbons (Fsp3) is 0.381. The Morgan fingerprint density at radius 2 is 1.96 bits per heavy atom. The van der Waals surface area contributed by atoms with Crippen LogP contribution in [0.5, 0.6) is 0 Å². The zero-order chi connectivity index (χ0) is 18.4. The van der Waals surface area contributed by atoms with Crippen molar-refractivity contribution in [3.05, 3.63) is 66.3 Å². The Kier molecular flexibility index (Phi) is 6.39. The van der Waals surface area contributed by atoms with Crippen molar-refractivity contribution in [3.63, 3.8) is 0 Å². The molecule has 1 aromatic carbocycles. The highest BCUT2D eigenvalue weighted by Crippen LogP contribution is 2.24. The molecule has 2 heterocycles. The first kappa shape index (κ1) is 18.6. The van der Waals surface area contributed by atoms with Crippen LogP contribution in [0.4, 0.5) is 0 Å². The molecule has 2 aliphatic heterocycles. The summed E-state index contributed by atoms with van der Waals surface area (Å²) in [6, 6.07) is 9.74. The van der Waals surface area contributed by atoms with E-state index < -0.39 is 18.3 Å². The second kappa shape index (κ2) is 8.94. The number of cyclic esters (lactones) is 1. The summed E-state index contributed by atoms with van der Waals surface area (Å²) in [5.74, 6) is -0.329. The normalized spacial score (nSPS) is 32.2. The molecular weight excluding hydrogens is 332 g/mol. The molecule has 5 atom stereocenters. The summed E-state index contributed by atoms with van der Waals surface area (Å²) < 4.78 is 11.1. The van der Waals surface area contributed by atoms with Gasteiger partial charge in [0, 0.05) is 18.9 Å². The third-order valence-corrected chi connectivity index (χ3v) is 4.50. The summed E-state index contributed by atoms with van der Waals surface area (Å²) in [7, 11) is 0. The standard InChI is InChI=1S/C21H24O5/c22-18-14-17(10-4-8-16-9-5-11-20(23)26-16)25-19(21(18)24)13-12-15-6-2-1-3-7-15/h1-8,11-13,16-19,21-22,24H,9-10,14H2/b8-4+,13-12+/t16-,17+,18-,19-,21+/m0/s1. The first-order chi connectivity index (χ1) is 12.6. The zero-order valence-corrected chi connectivity index (χ0v) is 14.5. The minimum Gasteiger partial charge on any atom is -0.455 e. The Hall–Kier alpha value is -2.21. The highest BCUT2D eigenvalue weighted by atomic mass is 16.5. The highest BCUT2D eigenvalue weighted by Gasteiger charge is 2.34. The lowest BCUT2D eigenvalue weighted by Gasteiger charge is -2.35. The number of aliphatic hydroxyl groups excluding tert-OH is 2. The number of rotatable bonds is 5. The van der Waals surface area contributed by atoms with Crippen LogP contribution in [0.1, 0.15) is 24.8 Å². The van der Waals surface area contributed by atoms with Gasteiger partial charge in [0.05, 0.1) is 12.2 Å². The van der Waals surface area contributed by atoms with E-state index in [9.17, 15) is 15.0 Å². The molecule has 2 N–H and O–H groups in total. The summed E-state index contributed by atoms with van der Waals surface area (Å²) >= 11 is 0. The molecule has 0 radical (unpaired) electrons. The van der Waals surface area contributed by atoms with Gasteiger partial charge in [-0.1, -0.05) is 54.6 Å². The van der Waals surface area contributed by atoms with Gasteiger partial charge >= 0.3 is 5.97 Å². The average Bonchev–Trinajstić information content (AvgIpc) is 2.64. The molecule has 1 fully saturated rings. The van der Waals surface area contributed by atoms with Gasteiger partial charge in [0.1, 0.15) is 18.3 Å². The summed E-state index contributed by atoms with van der Waals surface area (Å²) in [5, 5.41) is 20.3. The van der Waals surface area contributed by atoms with Crippen LogP contribution in [0.25, 0.3) is 6.08 Å². The number of ether oxygens (including phenoxy) is 2. The molecule has 1 aromatic rings. The monoisotopic (exact) mass is 356 g/mol. The lowest BCUT2D eigenvalue weighted by atomic mass is 9.95. The Morgan fingerprint density at radius 3 is 2.73 bits per heavy atom.